The average molecular weight is 263 g/mol. The minimum Gasteiger partial charge on any atom is -0.469 e. The molecular weight excluding hydrogens is 238 g/mol. The molecule has 3 heteroatoms. The van der Waals surface area contributed by atoms with Gasteiger partial charge in [0.15, 0.2) is 0 Å². The van der Waals surface area contributed by atoms with Gasteiger partial charge in [-0.1, -0.05) is 32.6 Å². The van der Waals surface area contributed by atoms with Gasteiger partial charge in [0.2, 0.25) is 5.91 Å². The Hall–Kier alpha value is -1.25. The van der Waals surface area contributed by atoms with E-state index in [1.54, 1.807) is 6.26 Å². The Morgan fingerprint density at radius 2 is 2.21 bits per heavy atom. The van der Waals surface area contributed by atoms with Gasteiger partial charge in [-0.05, 0) is 25.3 Å². The van der Waals surface area contributed by atoms with E-state index >= 15 is 0 Å². The molecule has 0 saturated carbocycles. The zero-order chi connectivity index (χ0) is 13.5. The summed E-state index contributed by atoms with van der Waals surface area (Å²) in [6.45, 7) is 2.21. The molecule has 1 N–H and O–H groups in total. The molecule has 0 radical (unpaired) electrons. The van der Waals surface area contributed by atoms with Crippen LogP contribution in [0.15, 0.2) is 16.7 Å². The van der Waals surface area contributed by atoms with E-state index in [9.17, 15) is 4.79 Å². The van der Waals surface area contributed by atoms with Crippen LogP contribution in [0.1, 0.15) is 75.7 Å². The largest absolute Gasteiger partial charge is 0.469 e. The van der Waals surface area contributed by atoms with E-state index in [0.29, 0.717) is 6.42 Å². The number of amides is 1. The standard InChI is InChI=1S/C16H25NO2/c1-2-3-4-5-6-10-16(18)17-14-8-7-9-15-13(14)11-12-19-15/h11-12,14H,2-10H2,1H3,(H,17,18). The van der Waals surface area contributed by atoms with Crippen LogP contribution in [0.4, 0.5) is 0 Å². The number of carbonyl (C=O) groups is 1. The van der Waals surface area contributed by atoms with Gasteiger partial charge < -0.3 is 9.73 Å². The predicted octanol–water partition coefficient (Wildman–Crippen LogP) is 4.13. The molecule has 0 bridgehead atoms. The molecule has 0 fully saturated rings. The monoisotopic (exact) mass is 263 g/mol. The van der Waals surface area contributed by atoms with Crippen molar-refractivity contribution in [3.8, 4) is 0 Å². The number of fused-ring (bicyclic) bond motifs is 1. The van der Waals surface area contributed by atoms with Crippen molar-refractivity contribution in [1.82, 2.24) is 5.32 Å². The maximum absolute atomic E-state index is 11.9. The highest BCUT2D eigenvalue weighted by atomic mass is 16.3. The maximum atomic E-state index is 11.9. The average Bonchev–Trinajstić information content (AvgIpc) is 2.88. The summed E-state index contributed by atoms with van der Waals surface area (Å²) in [5, 5.41) is 3.15. The molecule has 19 heavy (non-hydrogen) atoms. The molecule has 0 spiro atoms. The fourth-order valence-electron chi connectivity index (χ4n) is 2.79. The molecule has 0 aromatic carbocycles. The number of rotatable bonds is 7. The lowest BCUT2D eigenvalue weighted by Gasteiger charge is -2.22. The highest BCUT2D eigenvalue weighted by Gasteiger charge is 2.23. The normalized spacial score (nSPS) is 18.1. The third kappa shape index (κ3) is 4.12. The summed E-state index contributed by atoms with van der Waals surface area (Å²) < 4.78 is 5.44. The van der Waals surface area contributed by atoms with E-state index in [4.69, 9.17) is 4.42 Å². The lowest BCUT2D eigenvalue weighted by Crippen LogP contribution is -2.30. The Bertz CT molecular complexity index is 397. The van der Waals surface area contributed by atoms with Gasteiger partial charge in [-0.2, -0.15) is 0 Å². The van der Waals surface area contributed by atoms with Crippen molar-refractivity contribution in [1.29, 1.82) is 0 Å². The van der Waals surface area contributed by atoms with E-state index in [-0.39, 0.29) is 11.9 Å². The predicted molar refractivity (Wildman–Crippen MR) is 75.9 cm³/mol. The van der Waals surface area contributed by atoms with Gasteiger partial charge in [0, 0.05) is 18.4 Å². The van der Waals surface area contributed by atoms with Crippen molar-refractivity contribution in [3.05, 3.63) is 23.7 Å². The molecule has 1 aliphatic rings. The van der Waals surface area contributed by atoms with Gasteiger partial charge >= 0.3 is 0 Å². The fraction of sp³-hybridized carbons (Fsp3) is 0.688. The fourth-order valence-corrected chi connectivity index (χ4v) is 2.79. The lowest BCUT2D eigenvalue weighted by molar-refractivity contribution is -0.122. The molecule has 1 aromatic heterocycles. The maximum Gasteiger partial charge on any atom is 0.220 e. The Morgan fingerprint density at radius 1 is 1.37 bits per heavy atom. The van der Waals surface area contributed by atoms with Gasteiger partial charge in [-0.15, -0.1) is 0 Å². The third-order valence-electron chi connectivity index (χ3n) is 3.89. The summed E-state index contributed by atoms with van der Waals surface area (Å²) >= 11 is 0. The van der Waals surface area contributed by atoms with Crippen LogP contribution in [-0.2, 0) is 11.2 Å². The first kappa shape index (κ1) is 14.2. The van der Waals surface area contributed by atoms with Gasteiger partial charge in [0.1, 0.15) is 5.76 Å². The Kier molecular flexibility index (Phi) is 5.49. The van der Waals surface area contributed by atoms with Crippen molar-refractivity contribution >= 4 is 5.91 Å². The number of carbonyl (C=O) groups excluding carboxylic acids is 1. The summed E-state index contributed by atoms with van der Waals surface area (Å²) in [6.07, 6.45) is 11.5. The molecule has 1 heterocycles. The highest BCUT2D eigenvalue weighted by molar-refractivity contribution is 5.76. The first-order valence-corrected chi connectivity index (χ1v) is 7.67. The molecule has 1 aliphatic carbocycles. The molecule has 1 aromatic rings. The molecule has 1 amide bonds. The lowest BCUT2D eigenvalue weighted by atomic mass is 9.93. The summed E-state index contributed by atoms with van der Waals surface area (Å²) in [6, 6.07) is 2.17. The number of unbranched alkanes of at least 4 members (excludes halogenated alkanes) is 4. The second kappa shape index (κ2) is 7.37. The topological polar surface area (TPSA) is 42.2 Å². The number of hydrogen-bond donors (Lipinski definition) is 1. The first-order chi connectivity index (χ1) is 9.31. The van der Waals surface area contributed by atoms with Crippen LogP contribution in [0.25, 0.3) is 0 Å². The second-order valence-corrected chi connectivity index (χ2v) is 5.48. The van der Waals surface area contributed by atoms with Crippen LogP contribution in [0.2, 0.25) is 0 Å². The van der Waals surface area contributed by atoms with Crippen molar-refractivity contribution in [2.75, 3.05) is 0 Å². The number of furan rings is 1. The SMILES string of the molecule is CCCCCCCC(=O)NC1CCCc2occc21. The van der Waals surface area contributed by atoms with E-state index in [0.717, 1.165) is 31.4 Å². The number of nitrogens with one attached hydrogen (secondary N) is 1. The van der Waals surface area contributed by atoms with Gasteiger partial charge in [0.05, 0.1) is 12.3 Å². The molecule has 0 saturated heterocycles. The minimum atomic E-state index is 0.172. The zero-order valence-electron chi connectivity index (χ0n) is 11.9. The Morgan fingerprint density at radius 3 is 3.05 bits per heavy atom. The number of hydrogen-bond acceptors (Lipinski definition) is 2. The minimum absolute atomic E-state index is 0.172. The molecular formula is C16H25NO2. The quantitative estimate of drug-likeness (QED) is 0.751. The summed E-state index contributed by atoms with van der Waals surface area (Å²) in [5.41, 5.74) is 1.19. The van der Waals surface area contributed by atoms with Crippen molar-refractivity contribution in [3.63, 3.8) is 0 Å². The molecule has 1 unspecified atom stereocenters. The van der Waals surface area contributed by atoms with Crippen LogP contribution in [0.3, 0.4) is 0 Å². The third-order valence-corrected chi connectivity index (χ3v) is 3.89. The summed E-state index contributed by atoms with van der Waals surface area (Å²) in [7, 11) is 0. The van der Waals surface area contributed by atoms with Gasteiger partial charge in [-0.25, -0.2) is 0 Å². The number of aryl methyl sites for hydroxylation is 1. The van der Waals surface area contributed by atoms with Crippen molar-refractivity contribution in [2.24, 2.45) is 0 Å². The van der Waals surface area contributed by atoms with Crippen molar-refractivity contribution < 1.29 is 9.21 Å². The van der Waals surface area contributed by atoms with E-state index in [1.807, 2.05) is 6.07 Å². The first-order valence-electron chi connectivity index (χ1n) is 7.67. The Labute approximate surface area is 115 Å². The van der Waals surface area contributed by atoms with Crippen LogP contribution in [0, 0.1) is 0 Å². The zero-order valence-corrected chi connectivity index (χ0v) is 11.9. The van der Waals surface area contributed by atoms with Crippen LogP contribution >= 0.6 is 0 Å². The van der Waals surface area contributed by atoms with Crippen LogP contribution in [0.5, 0.6) is 0 Å². The highest BCUT2D eigenvalue weighted by Crippen LogP contribution is 2.30. The van der Waals surface area contributed by atoms with E-state index < -0.39 is 0 Å². The van der Waals surface area contributed by atoms with E-state index in [2.05, 4.69) is 12.2 Å². The van der Waals surface area contributed by atoms with Crippen LogP contribution < -0.4 is 5.32 Å². The summed E-state index contributed by atoms with van der Waals surface area (Å²) in [4.78, 5) is 11.9. The van der Waals surface area contributed by atoms with Gasteiger partial charge in [0.25, 0.3) is 0 Å². The summed E-state index contributed by atoms with van der Waals surface area (Å²) in [5.74, 6) is 1.25. The molecule has 2 rings (SSSR count). The Balaban J connectivity index is 1.72. The van der Waals surface area contributed by atoms with Crippen molar-refractivity contribution in [2.45, 2.75) is 70.8 Å². The van der Waals surface area contributed by atoms with Gasteiger partial charge in [-0.3, -0.25) is 4.79 Å². The molecule has 3 nitrogen and oxygen atoms in total. The van der Waals surface area contributed by atoms with E-state index in [1.165, 1.54) is 31.2 Å². The molecule has 0 aliphatic heterocycles. The molecule has 1 atom stereocenters. The second-order valence-electron chi connectivity index (χ2n) is 5.48. The molecule has 106 valence electrons. The van der Waals surface area contributed by atoms with Crippen LogP contribution in [-0.4, -0.2) is 5.91 Å². The smallest absolute Gasteiger partial charge is 0.220 e.